The molecular formula is C15H19BrN2O2. The molecule has 2 aromatic rings. The molecule has 0 aliphatic carbocycles. The zero-order chi connectivity index (χ0) is 14.7. The highest BCUT2D eigenvalue weighted by Gasteiger charge is 2.16. The maximum absolute atomic E-state index is 10.0. The van der Waals surface area contributed by atoms with Crippen molar-refractivity contribution in [2.24, 2.45) is 0 Å². The van der Waals surface area contributed by atoms with Crippen LogP contribution in [0.4, 0.5) is 0 Å². The van der Waals surface area contributed by atoms with Crippen LogP contribution in [0.3, 0.4) is 0 Å². The third-order valence-corrected chi connectivity index (χ3v) is 3.97. The highest BCUT2D eigenvalue weighted by atomic mass is 79.9. The van der Waals surface area contributed by atoms with E-state index in [1.165, 1.54) is 0 Å². The molecule has 1 atom stereocenters. The Hall–Kier alpha value is -1.33. The van der Waals surface area contributed by atoms with E-state index < -0.39 is 0 Å². The minimum atomic E-state index is 0.0844. The van der Waals surface area contributed by atoms with E-state index >= 15 is 0 Å². The number of nitrogens with zero attached hydrogens (tertiary/aromatic N) is 1. The molecule has 20 heavy (non-hydrogen) atoms. The van der Waals surface area contributed by atoms with E-state index in [-0.39, 0.29) is 6.04 Å². The summed E-state index contributed by atoms with van der Waals surface area (Å²) in [7, 11) is 0. The van der Waals surface area contributed by atoms with Gasteiger partial charge in [-0.1, -0.05) is 28.0 Å². The summed E-state index contributed by atoms with van der Waals surface area (Å²) in [6.07, 6.45) is 0.882. The SMILES string of the molecule is CCC(NCc1c(C)noc1C)c1cc(Br)ccc1O. The van der Waals surface area contributed by atoms with Crippen molar-refractivity contribution >= 4 is 15.9 Å². The molecule has 1 aromatic carbocycles. The number of aromatic hydroxyl groups is 1. The molecule has 0 amide bonds. The van der Waals surface area contributed by atoms with Gasteiger partial charge < -0.3 is 14.9 Å². The zero-order valence-corrected chi connectivity index (χ0v) is 13.5. The molecular weight excluding hydrogens is 320 g/mol. The highest BCUT2D eigenvalue weighted by Crippen LogP contribution is 2.29. The van der Waals surface area contributed by atoms with Crippen molar-refractivity contribution < 1.29 is 9.63 Å². The van der Waals surface area contributed by atoms with Gasteiger partial charge in [0.2, 0.25) is 0 Å². The van der Waals surface area contributed by atoms with Crippen molar-refractivity contribution in [3.05, 3.63) is 45.3 Å². The molecule has 0 saturated heterocycles. The Bertz CT molecular complexity index is 576. The molecule has 2 N–H and O–H groups in total. The molecule has 0 aliphatic heterocycles. The number of aromatic nitrogens is 1. The second-order valence-electron chi connectivity index (χ2n) is 4.85. The molecule has 108 valence electrons. The molecule has 1 unspecified atom stereocenters. The van der Waals surface area contributed by atoms with Crippen LogP contribution in [0.25, 0.3) is 0 Å². The van der Waals surface area contributed by atoms with Crippen LogP contribution < -0.4 is 5.32 Å². The van der Waals surface area contributed by atoms with Gasteiger partial charge in [-0.05, 0) is 38.5 Å². The summed E-state index contributed by atoms with van der Waals surface area (Å²) in [4.78, 5) is 0. The third-order valence-electron chi connectivity index (χ3n) is 3.48. The fourth-order valence-electron chi connectivity index (χ4n) is 2.26. The van der Waals surface area contributed by atoms with E-state index in [9.17, 15) is 5.11 Å². The first-order chi connectivity index (χ1) is 9.52. The van der Waals surface area contributed by atoms with E-state index in [0.717, 1.165) is 33.5 Å². The van der Waals surface area contributed by atoms with Gasteiger partial charge in [0.25, 0.3) is 0 Å². The van der Waals surface area contributed by atoms with Crippen LogP contribution in [-0.2, 0) is 6.54 Å². The molecule has 0 spiro atoms. The monoisotopic (exact) mass is 338 g/mol. The minimum absolute atomic E-state index is 0.0844. The quantitative estimate of drug-likeness (QED) is 0.864. The summed E-state index contributed by atoms with van der Waals surface area (Å²) in [5, 5.41) is 17.4. The van der Waals surface area contributed by atoms with E-state index in [1.807, 2.05) is 26.0 Å². The van der Waals surface area contributed by atoms with E-state index in [2.05, 4.69) is 33.3 Å². The second kappa shape index (κ2) is 6.41. The fraction of sp³-hybridized carbons (Fsp3) is 0.400. The smallest absolute Gasteiger partial charge is 0.138 e. The summed E-state index contributed by atoms with van der Waals surface area (Å²) >= 11 is 3.44. The van der Waals surface area contributed by atoms with Crippen LogP contribution in [0.15, 0.2) is 27.2 Å². The molecule has 1 heterocycles. The van der Waals surface area contributed by atoms with Crippen LogP contribution in [0.1, 0.15) is 42.0 Å². The molecule has 0 saturated carbocycles. The number of phenolic OH excluding ortho intramolecular Hbond substituents is 1. The highest BCUT2D eigenvalue weighted by molar-refractivity contribution is 9.10. The van der Waals surface area contributed by atoms with Gasteiger partial charge in [-0.2, -0.15) is 0 Å². The lowest BCUT2D eigenvalue weighted by Gasteiger charge is -2.19. The Morgan fingerprint density at radius 2 is 2.15 bits per heavy atom. The van der Waals surface area contributed by atoms with Crippen LogP contribution in [0.2, 0.25) is 0 Å². The van der Waals surface area contributed by atoms with Crippen molar-refractivity contribution in [1.29, 1.82) is 0 Å². The maximum Gasteiger partial charge on any atom is 0.138 e. The number of phenols is 1. The van der Waals surface area contributed by atoms with Gasteiger partial charge in [-0.25, -0.2) is 0 Å². The van der Waals surface area contributed by atoms with Gasteiger partial charge in [0.15, 0.2) is 0 Å². The number of aryl methyl sites for hydroxylation is 2. The molecule has 4 nitrogen and oxygen atoms in total. The fourth-order valence-corrected chi connectivity index (χ4v) is 2.64. The summed E-state index contributed by atoms with van der Waals surface area (Å²) in [5.41, 5.74) is 2.88. The van der Waals surface area contributed by atoms with Crippen LogP contribution in [0.5, 0.6) is 5.75 Å². The van der Waals surface area contributed by atoms with Gasteiger partial charge in [0, 0.05) is 28.2 Å². The maximum atomic E-state index is 10.0. The standard InChI is InChI=1S/C15H19BrN2O2/c1-4-14(12-7-11(16)5-6-15(12)19)17-8-13-9(2)18-20-10(13)3/h5-7,14,17,19H,4,8H2,1-3H3. The normalized spacial score (nSPS) is 12.6. The first kappa shape index (κ1) is 15.1. The summed E-state index contributed by atoms with van der Waals surface area (Å²) in [6, 6.07) is 5.57. The average molecular weight is 339 g/mol. The lowest BCUT2D eigenvalue weighted by atomic mass is 10.0. The van der Waals surface area contributed by atoms with Crippen LogP contribution >= 0.6 is 15.9 Å². The van der Waals surface area contributed by atoms with Crippen LogP contribution in [0, 0.1) is 13.8 Å². The number of benzene rings is 1. The van der Waals surface area contributed by atoms with Gasteiger partial charge in [0.1, 0.15) is 11.5 Å². The molecule has 2 rings (SSSR count). The molecule has 0 radical (unpaired) electrons. The van der Waals surface area contributed by atoms with Crippen molar-refractivity contribution in [1.82, 2.24) is 10.5 Å². The summed E-state index contributed by atoms with van der Waals surface area (Å²) in [5.74, 6) is 1.15. The minimum Gasteiger partial charge on any atom is -0.508 e. The van der Waals surface area contributed by atoms with Crippen LogP contribution in [-0.4, -0.2) is 10.3 Å². The second-order valence-corrected chi connectivity index (χ2v) is 5.76. The summed E-state index contributed by atoms with van der Waals surface area (Å²) < 4.78 is 6.12. The topological polar surface area (TPSA) is 58.3 Å². The lowest BCUT2D eigenvalue weighted by molar-refractivity contribution is 0.391. The number of hydrogen-bond donors (Lipinski definition) is 2. The van der Waals surface area contributed by atoms with E-state index in [1.54, 1.807) is 6.07 Å². The summed E-state index contributed by atoms with van der Waals surface area (Å²) in [6.45, 7) is 6.61. The van der Waals surface area contributed by atoms with E-state index in [0.29, 0.717) is 12.3 Å². The number of nitrogens with one attached hydrogen (secondary N) is 1. The number of halogens is 1. The predicted molar refractivity (Wildman–Crippen MR) is 81.7 cm³/mol. The molecule has 5 heteroatoms. The number of rotatable bonds is 5. The third kappa shape index (κ3) is 3.22. The molecule has 0 bridgehead atoms. The molecule has 0 aliphatic rings. The van der Waals surface area contributed by atoms with Gasteiger partial charge in [0.05, 0.1) is 5.69 Å². The average Bonchev–Trinajstić information content (AvgIpc) is 2.74. The van der Waals surface area contributed by atoms with Crippen molar-refractivity contribution in [3.8, 4) is 5.75 Å². The lowest BCUT2D eigenvalue weighted by Crippen LogP contribution is -2.21. The van der Waals surface area contributed by atoms with Gasteiger partial charge in [-0.15, -0.1) is 0 Å². The molecule has 1 aromatic heterocycles. The first-order valence-electron chi connectivity index (χ1n) is 6.66. The van der Waals surface area contributed by atoms with E-state index in [4.69, 9.17) is 4.52 Å². The van der Waals surface area contributed by atoms with Crippen molar-refractivity contribution in [2.45, 2.75) is 39.8 Å². The zero-order valence-electron chi connectivity index (χ0n) is 11.9. The Kier molecular flexibility index (Phi) is 4.83. The number of hydrogen-bond acceptors (Lipinski definition) is 4. The largest absolute Gasteiger partial charge is 0.508 e. The first-order valence-corrected chi connectivity index (χ1v) is 7.45. The van der Waals surface area contributed by atoms with Crippen molar-refractivity contribution in [3.63, 3.8) is 0 Å². The molecule has 0 fully saturated rings. The van der Waals surface area contributed by atoms with Gasteiger partial charge in [-0.3, -0.25) is 0 Å². The predicted octanol–water partition coefficient (Wildman–Crippen LogP) is 4.00. The Morgan fingerprint density at radius 1 is 1.40 bits per heavy atom. The Balaban J connectivity index is 2.15. The van der Waals surface area contributed by atoms with Gasteiger partial charge >= 0.3 is 0 Å². The van der Waals surface area contributed by atoms with Crippen molar-refractivity contribution in [2.75, 3.05) is 0 Å². The Labute approximate surface area is 127 Å². The Morgan fingerprint density at radius 3 is 2.75 bits per heavy atom.